The number of aliphatic imine (C=N–C) groups is 1. The Balaban J connectivity index is 1.99. The first-order valence-corrected chi connectivity index (χ1v) is 7.30. The average Bonchev–Trinajstić information content (AvgIpc) is 2.52. The lowest BCUT2D eigenvalue weighted by atomic mass is 10.0. The van der Waals surface area contributed by atoms with Crippen LogP contribution in [0.25, 0.3) is 0 Å². The second-order valence-electron chi connectivity index (χ2n) is 5.59. The largest absolute Gasteiger partial charge is 0.256 e. The Morgan fingerprint density at radius 2 is 1.71 bits per heavy atom. The molecule has 21 heavy (non-hydrogen) atoms. The van der Waals surface area contributed by atoms with Crippen LogP contribution in [0.1, 0.15) is 37.0 Å². The molecule has 0 aromatic heterocycles. The molecule has 0 radical (unpaired) electrons. The number of aryl methyl sites for hydroxylation is 1. The fourth-order valence-electron chi connectivity index (χ4n) is 2.00. The lowest BCUT2D eigenvalue weighted by Gasteiger charge is -2.04. The van der Waals surface area contributed by atoms with Gasteiger partial charge in [-0.1, -0.05) is 38.1 Å². The Morgan fingerprint density at radius 3 is 2.29 bits per heavy atom. The van der Waals surface area contributed by atoms with Crippen molar-refractivity contribution in [3.05, 3.63) is 65.2 Å². The first kappa shape index (κ1) is 15.0. The summed E-state index contributed by atoms with van der Waals surface area (Å²) < 4.78 is 0. The molecule has 0 N–H and O–H groups in total. The third-order valence-electron chi connectivity index (χ3n) is 3.35. The molecule has 106 valence electrons. The minimum Gasteiger partial charge on any atom is -0.256 e. The van der Waals surface area contributed by atoms with Gasteiger partial charge in [-0.3, -0.25) is 4.99 Å². The highest BCUT2D eigenvalue weighted by Crippen LogP contribution is 2.13. The minimum absolute atomic E-state index is 0.656. The predicted molar refractivity (Wildman–Crippen MR) is 88.0 cm³/mol. The van der Waals surface area contributed by atoms with Crippen molar-refractivity contribution in [3.8, 4) is 6.07 Å². The van der Waals surface area contributed by atoms with Gasteiger partial charge >= 0.3 is 0 Å². The molecule has 2 aromatic rings. The monoisotopic (exact) mass is 276 g/mol. The molecule has 0 bridgehead atoms. The predicted octanol–water partition coefficient (Wildman–Crippen LogP) is 4.90. The van der Waals surface area contributed by atoms with Gasteiger partial charge in [0.1, 0.15) is 0 Å². The number of nitrogens with zero attached hydrogens (tertiary/aromatic N) is 2. The molecule has 0 amide bonds. The first-order chi connectivity index (χ1) is 10.2. The van der Waals surface area contributed by atoms with Crippen LogP contribution in [0.3, 0.4) is 0 Å². The zero-order valence-corrected chi connectivity index (χ0v) is 12.6. The summed E-state index contributed by atoms with van der Waals surface area (Å²) in [5.74, 6) is 0.739. The van der Waals surface area contributed by atoms with E-state index in [1.54, 1.807) is 12.1 Å². The molecule has 0 heterocycles. The van der Waals surface area contributed by atoms with Gasteiger partial charge in [-0.15, -0.1) is 0 Å². The van der Waals surface area contributed by atoms with Crippen molar-refractivity contribution in [1.29, 1.82) is 5.26 Å². The summed E-state index contributed by atoms with van der Waals surface area (Å²) in [6.07, 6.45) is 4.21. The first-order valence-electron chi connectivity index (χ1n) is 7.30. The molecule has 2 aromatic carbocycles. The normalized spacial score (nSPS) is 11.0. The van der Waals surface area contributed by atoms with Crippen LogP contribution in [0.4, 0.5) is 5.69 Å². The molecule has 0 unspecified atom stereocenters. The topological polar surface area (TPSA) is 36.1 Å². The standard InChI is InChI=1S/C19H20N2/c1-15(2)3-4-16-5-7-18(8-6-16)14-21-19-11-9-17(13-20)10-12-19/h5-12,14-15H,3-4H2,1-2H3. The highest BCUT2D eigenvalue weighted by molar-refractivity contribution is 5.81. The molecule has 0 atom stereocenters. The van der Waals surface area contributed by atoms with Gasteiger partial charge in [0.25, 0.3) is 0 Å². The van der Waals surface area contributed by atoms with Crippen LogP contribution < -0.4 is 0 Å². The Hall–Kier alpha value is -2.40. The summed E-state index contributed by atoms with van der Waals surface area (Å²) in [6.45, 7) is 4.50. The molecule has 0 aliphatic carbocycles. The molecule has 2 rings (SSSR count). The Labute approximate surface area is 126 Å². The van der Waals surface area contributed by atoms with Crippen LogP contribution in [0.5, 0.6) is 0 Å². The van der Waals surface area contributed by atoms with Crippen molar-refractivity contribution in [1.82, 2.24) is 0 Å². The fraction of sp³-hybridized carbons (Fsp3) is 0.263. The van der Waals surface area contributed by atoms with Crippen LogP contribution in [0.15, 0.2) is 53.5 Å². The van der Waals surface area contributed by atoms with Crippen molar-refractivity contribution >= 4 is 11.9 Å². The summed E-state index contributed by atoms with van der Waals surface area (Å²) in [5.41, 5.74) is 3.98. The van der Waals surface area contributed by atoms with Crippen LogP contribution in [-0.2, 0) is 6.42 Å². The minimum atomic E-state index is 0.656. The van der Waals surface area contributed by atoms with Gasteiger partial charge in [-0.2, -0.15) is 5.26 Å². The second-order valence-corrected chi connectivity index (χ2v) is 5.59. The lowest BCUT2D eigenvalue weighted by Crippen LogP contribution is -1.92. The third kappa shape index (κ3) is 4.89. The second kappa shape index (κ2) is 7.40. The molecular formula is C19H20N2. The molecule has 0 spiro atoms. The average molecular weight is 276 g/mol. The van der Waals surface area contributed by atoms with Gasteiger partial charge in [0.15, 0.2) is 0 Å². The summed E-state index contributed by atoms with van der Waals surface area (Å²) in [4.78, 5) is 4.42. The third-order valence-corrected chi connectivity index (χ3v) is 3.35. The van der Waals surface area contributed by atoms with Crippen molar-refractivity contribution in [2.75, 3.05) is 0 Å². The van der Waals surface area contributed by atoms with Crippen molar-refractivity contribution in [3.63, 3.8) is 0 Å². The van der Waals surface area contributed by atoms with E-state index in [1.165, 1.54) is 12.0 Å². The highest BCUT2D eigenvalue weighted by Gasteiger charge is 1.97. The summed E-state index contributed by atoms with van der Waals surface area (Å²) in [6, 6.07) is 17.9. The zero-order chi connectivity index (χ0) is 15.1. The molecule has 2 nitrogen and oxygen atoms in total. The van der Waals surface area contributed by atoms with E-state index in [2.05, 4.69) is 49.2 Å². The van der Waals surface area contributed by atoms with Crippen LogP contribution in [0, 0.1) is 17.2 Å². The Kier molecular flexibility index (Phi) is 5.29. The number of rotatable bonds is 5. The molecule has 0 saturated heterocycles. The van der Waals surface area contributed by atoms with Crippen LogP contribution in [0.2, 0.25) is 0 Å². The SMILES string of the molecule is CC(C)CCc1ccc(C=Nc2ccc(C#N)cc2)cc1. The van der Waals surface area contributed by atoms with E-state index in [-0.39, 0.29) is 0 Å². The van der Waals surface area contributed by atoms with Gasteiger partial charge in [0.2, 0.25) is 0 Å². The van der Waals surface area contributed by atoms with E-state index in [9.17, 15) is 0 Å². The Morgan fingerprint density at radius 1 is 1.05 bits per heavy atom. The lowest BCUT2D eigenvalue weighted by molar-refractivity contribution is 0.587. The summed E-state index contributed by atoms with van der Waals surface area (Å²) in [7, 11) is 0. The van der Waals surface area contributed by atoms with Crippen molar-refractivity contribution in [2.45, 2.75) is 26.7 Å². The van der Waals surface area contributed by atoms with Crippen LogP contribution >= 0.6 is 0 Å². The van der Waals surface area contributed by atoms with E-state index in [0.29, 0.717) is 5.56 Å². The smallest absolute Gasteiger partial charge is 0.0991 e. The van der Waals surface area contributed by atoms with E-state index >= 15 is 0 Å². The van der Waals surface area contributed by atoms with Crippen molar-refractivity contribution in [2.24, 2.45) is 10.9 Å². The highest BCUT2D eigenvalue weighted by atomic mass is 14.7. The van der Waals surface area contributed by atoms with Gasteiger partial charge in [-0.25, -0.2) is 0 Å². The fourth-order valence-corrected chi connectivity index (χ4v) is 2.00. The zero-order valence-electron chi connectivity index (χ0n) is 12.6. The molecule has 0 fully saturated rings. The van der Waals surface area contributed by atoms with E-state index in [0.717, 1.165) is 23.6 Å². The number of hydrogen-bond acceptors (Lipinski definition) is 2. The molecule has 2 heteroatoms. The summed E-state index contributed by atoms with van der Waals surface area (Å²) in [5, 5.41) is 8.75. The quantitative estimate of drug-likeness (QED) is 0.716. The molecule has 0 saturated carbocycles. The number of hydrogen-bond donors (Lipinski definition) is 0. The van der Waals surface area contributed by atoms with Gasteiger partial charge in [0.05, 0.1) is 17.3 Å². The van der Waals surface area contributed by atoms with Gasteiger partial charge < -0.3 is 0 Å². The maximum atomic E-state index is 8.75. The maximum absolute atomic E-state index is 8.75. The van der Waals surface area contributed by atoms with Crippen molar-refractivity contribution < 1.29 is 0 Å². The van der Waals surface area contributed by atoms with Gasteiger partial charge in [0, 0.05) is 6.21 Å². The maximum Gasteiger partial charge on any atom is 0.0991 e. The van der Waals surface area contributed by atoms with E-state index in [4.69, 9.17) is 5.26 Å². The van der Waals surface area contributed by atoms with Gasteiger partial charge in [-0.05, 0) is 54.2 Å². The van der Waals surface area contributed by atoms with E-state index in [1.807, 2.05) is 18.3 Å². The van der Waals surface area contributed by atoms with E-state index < -0.39 is 0 Å². The number of benzene rings is 2. The Bertz CT molecular complexity index is 629. The molecule has 0 aliphatic heterocycles. The summed E-state index contributed by atoms with van der Waals surface area (Å²) >= 11 is 0. The molecular weight excluding hydrogens is 256 g/mol. The number of nitriles is 1. The van der Waals surface area contributed by atoms with Crippen LogP contribution in [-0.4, -0.2) is 6.21 Å². The molecule has 0 aliphatic rings.